The molecule has 3 aliphatic carbocycles. The standard InChI is InChI=1S/C26H46F2/c1-18(2)24-7-5-6-21(16-24)15-20(4)25-9-8-22(17-25)14-19(3)23-10-12-26(27,28)13-11-23/h18-25H,5-17H2,1-4H3. The molecule has 3 rings (SSSR count). The molecule has 0 nitrogen and oxygen atoms in total. The maximum Gasteiger partial charge on any atom is 0.248 e. The number of hydrogen-bond acceptors (Lipinski definition) is 0. The first-order valence-electron chi connectivity index (χ1n) is 12.6. The lowest BCUT2D eigenvalue weighted by Gasteiger charge is -2.34. The normalized spacial score (nSPS) is 36.5. The van der Waals surface area contributed by atoms with Crippen LogP contribution >= 0.6 is 0 Å². The van der Waals surface area contributed by atoms with Crippen LogP contribution in [-0.4, -0.2) is 5.92 Å². The molecule has 164 valence electrons. The number of alkyl halides is 2. The van der Waals surface area contributed by atoms with E-state index in [2.05, 4.69) is 27.7 Å². The predicted molar refractivity (Wildman–Crippen MR) is 116 cm³/mol. The van der Waals surface area contributed by atoms with Crippen LogP contribution in [0, 0.1) is 47.3 Å². The van der Waals surface area contributed by atoms with Crippen LogP contribution in [0.1, 0.15) is 111 Å². The molecule has 0 radical (unpaired) electrons. The smallest absolute Gasteiger partial charge is 0.207 e. The number of halogens is 2. The quantitative estimate of drug-likeness (QED) is 0.403. The minimum atomic E-state index is -2.38. The fourth-order valence-corrected chi connectivity index (χ4v) is 7.06. The van der Waals surface area contributed by atoms with E-state index in [-0.39, 0.29) is 12.8 Å². The molecule has 0 aliphatic heterocycles. The van der Waals surface area contributed by atoms with Crippen LogP contribution < -0.4 is 0 Å². The van der Waals surface area contributed by atoms with Crippen LogP contribution in [0.25, 0.3) is 0 Å². The second kappa shape index (κ2) is 9.78. The van der Waals surface area contributed by atoms with E-state index in [1.807, 2.05) is 0 Å². The zero-order valence-corrected chi connectivity index (χ0v) is 19.1. The minimum absolute atomic E-state index is 0.130. The highest BCUT2D eigenvalue weighted by Gasteiger charge is 2.38. The summed E-state index contributed by atoms with van der Waals surface area (Å²) in [5.74, 6) is 4.26. The Bertz CT molecular complexity index is 461. The van der Waals surface area contributed by atoms with Crippen LogP contribution in [0.5, 0.6) is 0 Å². The fraction of sp³-hybridized carbons (Fsp3) is 1.00. The first kappa shape index (κ1) is 22.5. The van der Waals surface area contributed by atoms with E-state index in [9.17, 15) is 8.78 Å². The third-order valence-electron chi connectivity index (χ3n) is 9.13. The third kappa shape index (κ3) is 6.18. The molecule has 0 amide bonds. The molecule has 2 heteroatoms. The molecule has 0 N–H and O–H groups in total. The molecule has 0 aromatic heterocycles. The zero-order chi connectivity index (χ0) is 20.3. The van der Waals surface area contributed by atoms with Crippen molar-refractivity contribution >= 4 is 0 Å². The van der Waals surface area contributed by atoms with Gasteiger partial charge >= 0.3 is 0 Å². The second-order valence-electron chi connectivity index (χ2n) is 11.6. The van der Waals surface area contributed by atoms with Gasteiger partial charge in [0.05, 0.1) is 0 Å². The van der Waals surface area contributed by atoms with Gasteiger partial charge in [0.1, 0.15) is 0 Å². The summed E-state index contributed by atoms with van der Waals surface area (Å²) in [6.07, 6.45) is 14.6. The van der Waals surface area contributed by atoms with Crippen LogP contribution in [0.15, 0.2) is 0 Å². The Morgan fingerprint density at radius 2 is 1.25 bits per heavy atom. The average Bonchev–Trinajstić information content (AvgIpc) is 3.10. The maximum absolute atomic E-state index is 13.4. The van der Waals surface area contributed by atoms with E-state index in [4.69, 9.17) is 0 Å². The highest BCUT2D eigenvalue weighted by atomic mass is 19.3. The topological polar surface area (TPSA) is 0 Å². The van der Waals surface area contributed by atoms with Gasteiger partial charge in [-0.25, -0.2) is 8.78 Å². The summed E-state index contributed by atoms with van der Waals surface area (Å²) in [5.41, 5.74) is 0. The van der Waals surface area contributed by atoms with Crippen molar-refractivity contribution in [2.24, 2.45) is 47.3 Å². The molecule has 0 heterocycles. The average molecular weight is 397 g/mol. The van der Waals surface area contributed by atoms with Gasteiger partial charge in [-0.3, -0.25) is 0 Å². The van der Waals surface area contributed by atoms with Crippen molar-refractivity contribution in [3.05, 3.63) is 0 Å². The molecule has 6 unspecified atom stereocenters. The molecular formula is C26H46F2. The van der Waals surface area contributed by atoms with Crippen molar-refractivity contribution in [1.29, 1.82) is 0 Å². The van der Waals surface area contributed by atoms with E-state index in [0.717, 1.165) is 48.3 Å². The highest BCUT2D eigenvalue weighted by Crippen LogP contribution is 2.46. The summed E-state index contributed by atoms with van der Waals surface area (Å²) in [4.78, 5) is 0. The lowest BCUT2D eigenvalue weighted by molar-refractivity contribution is -0.0524. The summed E-state index contributed by atoms with van der Waals surface area (Å²) in [6.45, 7) is 9.69. The van der Waals surface area contributed by atoms with Crippen LogP contribution in [0.4, 0.5) is 8.78 Å². The summed E-state index contributed by atoms with van der Waals surface area (Å²) in [6, 6.07) is 0. The van der Waals surface area contributed by atoms with Gasteiger partial charge in [0.15, 0.2) is 0 Å². The Morgan fingerprint density at radius 1 is 0.679 bits per heavy atom. The van der Waals surface area contributed by atoms with Crippen molar-refractivity contribution in [3.63, 3.8) is 0 Å². The lowest BCUT2D eigenvalue weighted by Crippen LogP contribution is -2.28. The van der Waals surface area contributed by atoms with Crippen LogP contribution in [0.2, 0.25) is 0 Å². The van der Waals surface area contributed by atoms with Gasteiger partial charge in [-0.15, -0.1) is 0 Å². The molecule has 0 aromatic rings. The van der Waals surface area contributed by atoms with Gasteiger partial charge in [-0.2, -0.15) is 0 Å². The monoisotopic (exact) mass is 396 g/mol. The second-order valence-corrected chi connectivity index (χ2v) is 11.6. The van der Waals surface area contributed by atoms with E-state index in [1.54, 1.807) is 0 Å². The molecule has 0 saturated heterocycles. The van der Waals surface area contributed by atoms with Crippen LogP contribution in [0.3, 0.4) is 0 Å². The summed E-state index contributed by atoms with van der Waals surface area (Å²) in [7, 11) is 0. The van der Waals surface area contributed by atoms with Crippen molar-refractivity contribution in [2.45, 2.75) is 117 Å². The fourth-order valence-electron chi connectivity index (χ4n) is 7.06. The molecule has 3 saturated carbocycles. The van der Waals surface area contributed by atoms with Crippen molar-refractivity contribution in [2.75, 3.05) is 0 Å². The Labute approximate surface area is 173 Å². The molecule has 0 spiro atoms. The summed E-state index contributed by atoms with van der Waals surface area (Å²) in [5, 5.41) is 0. The van der Waals surface area contributed by atoms with Crippen molar-refractivity contribution in [1.82, 2.24) is 0 Å². The first-order chi connectivity index (χ1) is 13.2. The maximum atomic E-state index is 13.4. The van der Waals surface area contributed by atoms with Gasteiger partial charge < -0.3 is 0 Å². The molecule has 0 bridgehead atoms. The lowest BCUT2D eigenvalue weighted by atomic mass is 9.72. The van der Waals surface area contributed by atoms with E-state index < -0.39 is 5.92 Å². The Hall–Kier alpha value is -0.140. The van der Waals surface area contributed by atoms with Gasteiger partial charge in [-0.1, -0.05) is 53.4 Å². The largest absolute Gasteiger partial charge is 0.248 e. The predicted octanol–water partition coefficient (Wildman–Crippen LogP) is 8.74. The molecule has 3 fully saturated rings. The summed E-state index contributed by atoms with van der Waals surface area (Å²) >= 11 is 0. The Kier molecular flexibility index (Phi) is 7.87. The highest BCUT2D eigenvalue weighted by molar-refractivity contribution is 4.86. The van der Waals surface area contributed by atoms with Crippen molar-refractivity contribution < 1.29 is 8.78 Å². The van der Waals surface area contributed by atoms with Crippen molar-refractivity contribution in [3.8, 4) is 0 Å². The molecule has 0 aromatic carbocycles. The minimum Gasteiger partial charge on any atom is -0.207 e. The first-order valence-corrected chi connectivity index (χ1v) is 12.6. The van der Waals surface area contributed by atoms with Gasteiger partial charge in [-0.05, 0) is 92.3 Å². The van der Waals surface area contributed by atoms with E-state index >= 15 is 0 Å². The van der Waals surface area contributed by atoms with E-state index in [1.165, 1.54) is 57.8 Å². The van der Waals surface area contributed by atoms with Gasteiger partial charge in [0.2, 0.25) is 5.92 Å². The van der Waals surface area contributed by atoms with Gasteiger partial charge in [0.25, 0.3) is 0 Å². The molecule has 6 atom stereocenters. The number of rotatable bonds is 7. The molecule has 28 heavy (non-hydrogen) atoms. The third-order valence-corrected chi connectivity index (χ3v) is 9.13. The SMILES string of the molecule is CC(C)C1CCCC(CC(C)C2CCC(CC(C)C3CCC(F)(F)CC3)C2)C1. The Balaban J connectivity index is 1.39. The van der Waals surface area contributed by atoms with Crippen LogP contribution in [-0.2, 0) is 0 Å². The molecular weight excluding hydrogens is 350 g/mol. The number of hydrogen-bond donors (Lipinski definition) is 0. The Morgan fingerprint density at radius 3 is 1.89 bits per heavy atom. The van der Waals surface area contributed by atoms with E-state index in [0.29, 0.717) is 11.8 Å². The van der Waals surface area contributed by atoms with Gasteiger partial charge in [0, 0.05) is 12.8 Å². The zero-order valence-electron chi connectivity index (χ0n) is 19.1. The molecule has 3 aliphatic rings. The summed E-state index contributed by atoms with van der Waals surface area (Å²) < 4.78 is 26.9.